The van der Waals surface area contributed by atoms with Crippen molar-refractivity contribution in [2.45, 2.75) is 13.0 Å². The Hall–Kier alpha value is -2.37. The second-order valence-electron chi connectivity index (χ2n) is 3.41. The number of hydrogen-bond donors (Lipinski definition) is 2. The molecule has 0 saturated heterocycles. The average molecular weight is 236 g/mol. The maximum atomic E-state index is 11.6. The molecule has 2 amide bonds. The molecule has 0 atom stereocenters. The topological polar surface area (TPSA) is 112 Å². The van der Waals surface area contributed by atoms with E-state index in [4.69, 9.17) is 11.5 Å². The lowest BCUT2D eigenvalue weighted by molar-refractivity contribution is -0.137. The third-order valence-corrected chi connectivity index (χ3v) is 2.11. The van der Waals surface area contributed by atoms with Gasteiger partial charge in [0.25, 0.3) is 17.9 Å². The number of aryl methyl sites for hydroxylation is 1. The molecular weight excluding hydrogens is 224 g/mol. The Morgan fingerprint density at radius 1 is 1.12 bits per heavy atom. The van der Waals surface area contributed by atoms with Gasteiger partial charge in [0.15, 0.2) is 0 Å². The van der Waals surface area contributed by atoms with Crippen LogP contribution >= 0.6 is 0 Å². The summed E-state index contributed by atoms with van der Waals surface area (Å²) in [5.74, 6) is -3.01. The molecule has 0 bridgehead atoms. The first-order chi connectivity index (χ1) is 7.93. The van der Waals surface area contributed by atoms with E-state index >= 15 is 0 Å². The standard InChI is InChI=1S/C11H12N2O4/c1-6-4-2-3-5-7(6)11(16)17-8(9(12)14)10(13)15/h2-5,8H,1H3,(H2,12,14)(H2,13,15). The second kappa shape index (κ2) is 5.11. The number of carbonyl (C=O) groups is 3. The molecule has 0 aliphatic heterocycles. The molecule has 0 aliphatic carbocycles. The summed E-state index contributed by atoms with van der Waals surface area (Å²) in [7, 11) is 0. The minimum atomic E-state index is -1.75. The van der Waals surface area contributed by atoms with Crippen LogP contribution in [-0.2, 0) is 14.3 Å². The molecule has 0 unspecified atom stereocenters. The molecule has 0 spiro atoms. The molecule has 4 N–H and O–H groups in total. The van der Waals surface area contributed by atoms with Gasteiger partial charge in [-0.2, -0.15) is 0 Å². The summed E-state index contributed by atoms with van der Waals surface area (Å²) >= 11 is 0. The van der Waals surface area contributed by atoms with Crippen LogP contribution in [0.25, 0.3) is 0 Å². The first kappa shape index (κ1) is 12.7. The van der Waals surface area contributed by atoms with Gasteiger partial charge in [-0.1, -0.05) is 18.2 Å². The summed E-state index contributed by atoms with van der Waals surface area (Å²) in [4.78, 5) is 33.3. The molecule has 1 rings (SSSR count). The fourth-order valence-corrected chi connectivity index (χ4v) is 1.23. The Morgan fingerprint density at radius 2 is 1.65 bits per heavy atom. The number of benzene rings is 1. The smallest absolute Gasteiger partial charge is 0.339 e. The van der Waals surface area contributed by atoms with Gasteiger partial charge >= 0.3 is 5.97 Å². The summed E-state index contributed by atoms with van der Waals surface area (Å²) in [6, 6.07) is 6.58. The Labute approximate surface area is 97.5 Å². The molecule has 1 aromatic rings. The van der Waals surface area contributed by atoms with Crippen LogP contribution in [0.4, 0.5) is 0 Å². The fraction of sp³-hybridized carbons (Fsp3) is 0.182. The quantitative estimate of drug-likeness (QED) is 0.541. The summed E-state index contributed by atoms with van der Waals surface area (Å²) in [5, 5.41) is 0. The van der Waals surface area contributed by atoms with Crippen LogP contribution in [0.1, 0.15) is 15.9 Å². The molecule has 0 saturated carbocycles. The minimum Gasteiger partial charge on any atom is -0.438 e. The van der Waals surface area contributed by atoms with Crippen molar-refractivity contribution in [1.29, 1.82) is 0 Å². The average Bonchev–Trinajstić information content (AvgIpc) is 2.25. The highest BCUT2D eigenvalue weighted by Crippen LogP contribution is 2.09. The predicted octanol–water partition coefficient (Wildman–Crippen LogP) is -0.509. The van der Waals surface area contributed by atoms with Crippen molar-refractivity contribution in [2.75, 3.05) is 0 Å². The summed E-state index contributed by atoms with van der Waals surface area (Å²) in [6.45, 7) is 1.69. The third kappa shape index (κ3) is 3.04. The summed E-state index contributed by atoms with van der Waals surface area (Å²) in [5.41, 5.74) is 10.7. The number of primary amides is 2. The van der Waals surface area contributed by atoms with Gasteiger partial charge in [0.2, 0.25) is 0 Å². The lowest BCUT2D eigenvalue weighted by Crippen LogP contribution is -2.43. The monoisotopic (exact) mass is 236 g/mol. The van der Waals surface area contributed by atoms with Crippen molar-refractivity contribution in [3.05, 3.63) is 35.4 Å². The van der Waals surface area contributed by atoms with Gasteiger partial charge < -0.3 is 16.2 Å². The number of ether oxygens (including phenoxy) is 1. The largest absolute Gasteiger partial charge is 0.438 e. The van der Waals surface area contributed by atoms with E-state index in [1.54, 1.807) is 25.1 Å². The van der Waals surface area contributed by atoms with Gasteiger partial charge in [-0.05, 0) is 18.6 Å². The van der Waals surface area contributed by atoms with Gasteiger partial charge in [-0.25, -0.2) is 4.79 Å². The van der Waals surface area contributed by atoms with Crippen molar-refractivity contribution >= 4 is 17.8 Å². The van der Waals surface area contributed by atoms with E-state index in [9.17, 15) is 14.4 Å². The maximum absolute atomic E-state index is 11.6. The van der Waals surface area contributed by atoms with Gasteiger partial charge in [-0.3, -0.25) is 9.59 Å². The van der Waals surface area contributed by atoms with Crippen LogP contribution in [-0.4, -0.2) is 23.9 Å². The molecule has 0 aliphatic rings. The van der Waals surface area contributed by atoms with Crippen LogP contribution in [0.15, 0.2) is 24.3 Å². The highest BCUT2D eigenvalue weighted by molar-refractivity contribution is 6.04. The van der Waals surface area contributed by atoms with E-state index in [0.717, 1.165) is 0 Å². The number of hydrogen-bond acceptors (Lipinski definition) is 4. The van der Waals surface area contributed by atoms with Gasteiger partial charge in [-0.15, -0.1) is 0 Å². The van der Waals surface area contributed by atoms with Crippen molar-refractivity contribution in [3.63, 3.8) is 0 Å². The molecule has 90 valence electrons. The third-order valence-electron chi connectivity index (χ3n) is 2.11. The number of esters is 1. The SMILES string of the molecule is Cc1ccccc1C(=O)OC(C(N)=O)C(N)=O. The summed E-state index contributed by atoms with van der Waals surface area (Å²) < 4.78 is 4.65. The zero-order chi connectivity index (χ0) is 13.0. The lowest BCUT2D eigenvalue weighted by atomic mass is 10.1. The van der Waals surface area contributed by atoms with Crippen LogP contribution < -0.4 is 11.5 Å². The molecule has 0 radical (unpaired) electrons. The van der Waals surface area contributed by atoms with Crippen LogP contribution in [0.5, 0.6) is 0 Å². The number of carbonyl (C=O) groups excluding carboxylic acids is 3. The molecule has 0 heterocycles. The molecular formula is C11H12N2O4. The van der Waals surface area contributed by atoms with Crippen molar-refractivity contribution < 1.29 is 19.1 Å². The van der Waals surface area contributed by atoms with Crippen molar-refractivity contribution in [3.8, 4) is 0 Å². The molecule has 1 aromatic carbocycles. The highest BCUT2D eigenvalue weighted by Gasteiger charge is 2.27. The highest BCUT2D eigenvalue weighted by atomic mass is 16.6. The number of rotatable bonds is 4. The van der Waals surface area contributed by atoms with Crippen molar-refractivity contribution in [2.24, 2.45) is 11.5 Å². The lowest BCUT2D eigenvalue weighted by Gasteiger charge is -2.12. The van der Waals surface area contributed by atoms with E-state index in [1.807, 2.05) is 0 Å². The number of nitrogens with two attached hydrogens (primary N) is 2. The zero-order valence-electron chi connectivity index (χ0n) is 9.17. The molecule has 0 aromatic heterocycles. The first-order valence-electron chi connectivity index (χ1n) is 4.78. The normalized spacial score (nSPS) is 10.0. The Balaban J connectivity index is 2.89. The molecule has 0 fully saturated rings. The minimum absolute atomic E-state index is 0.250. The van der Waals surface area contributed by atoms with Crippen LogP contribution in [0, 0.1) is 6.92 Å². The van der Waals surface area contributed by atoms with E-state index < -0.39 is 23.9 Å². The van der Waals surface area contributed by atoms with E-state index in [1.165, 1.54) is 6.07 Å². The number of amides is 2. The molecule has 6 nitrogen and oxygen atoms in total. The Kier molecular flexibility index (Phi) is 3.82. The van der Waals surface area contributed by atoms with Crippen LogP contribution in [0.3, 0.4) is 0 Å². The fourth-order valence-electron chi connectivity index (χ4n) is 1.23. The van der Waals surface area contributed by atoms with Gasteiger partial charge in [0.1, 0.15) is 0 Å². The second-order valence-corrected chi connectivity index (χ2v) is 3.41. The summed E-state index contributed by atoms with van der Waals surface area (Å²) in [6.07, 6.45) is -1.75. The van der Waals surface area contributed by atoms with Crippen LogP contribution in [0.2, 0.25) is 0 Å². The zero-order valence-corrected chi connectivity index (χ0v) is 9.17. The van der Waals surface area contributed by atoms with E-state index in [0.29, 0.717) is 5.56 Å². The molecule has 17 heavy (non-hydrogen) atoms. The maximum Gasteiger partial charge on any atom is 0.339 e. The van der Waals surface area contributed by atoms with Gasteiger partial charge in [0, 0.05) is 0 Å². The first-order valence-corrected chi connectivity index (χ1v) is 4.78. The Morgan fingerprint density at radius 3 is 2.12 bits per heavy atom. The van der Waals surface area contributed by atoms with Gasteiger partial charge in [0.05, 0.1) is 5.56 Å². The molecule has 6 heteroatoms. The van der Waals surface area contributed by atoms with E-state index in [-0.39, 0.29) is 5.56 Å². The predicted molar refractivity (Wildman–Crippen MR) is 58.8 cm³/mol. The van der Waals surface area contributed by atoms with E-state index in [2.05, 4.69) is 4.74 Å². The van der Waals surface area contributed by atoms with Crippen molar-refractivity contribution in [1.82, 2.24) is 0 Å². The Bertz CT molecular complexity index is 456.